The van der Waals surface area contributed by atoms with Crippen molar-refractivity contribution in [2.24, 2.45) is 5.92 Å². The highest BCUT2D eigenvalue weighted by molar-refractivity contribution is 6.02. The topological polar surface area (TPSA) is 262 Å². The standard InChI is InChI=1S/C21H29N3O4.C19H25N3O4.C17H23N3O3/c1-14(2)19(27)24-11-7-10-21(24)13-23(20(21)28)17(15(3)25)18(26)22-12-16-8-5-4-6-9-16;1-13(23)16(17(25)20-11-15-7-4-3-5-8-15)21-12-19(18(21)26)9-6-10-22(19)14(2)24;1-12(21)14(15(22)18-10-13-6-3-2-4-7-13)20-11-17(16(20)23)8-5-9-19-17/h4-6,8-9,14-15,17,25H,7,10-13H2,1-3H3,(H,22,26);3-5,7-8,13,16,23H,6,9-12H2,1-2H3,(H,20,25);2-4,6-7,12,14,19,21H,5,8-11H2,1H3,(H,18,22)/t15-,17+,21?;13-,16+,19?;12-,14+,17?/m111/s1. The summed E-state index contributed by atoms with van der Waals surface area (Å²) in [6.45, 7) is 13.7. The van der Waals surface area contributed by atoms with Crippen LogP contribution in [0.25, 0.3) is 0 Å². The van der Waals surface area contributed by atoms with Crippen LogP contribution in [0.3, 0.4) is 0 Å². The molecule has 0 bridgehead atoms. The normalized spacial score (nSPS) is 24.6. The second kappa shape index (κ2) is 24.7. The van der Waals surface area contributed by atoms with Crippen LogP contribution in [0.2, 0.25) is 0 Å². The summed E-state index contributed by atoms with van der Waals surface area (Å²) in [5.41, 5.74) is 0.708. The molecule has 3 aromatic carbocycles. The maximum Gasteiger partial charge on any atom is 0.251 e. The Morgan fingerprint density at radius 1 is 0.519 bits per heavy atom. The average molecular weight is 1060 g/mol. The summed E-state index contributed by atoms with van der Waals surface area (Å²) < 4.78 is 0. The molecule has 20 heteroatoms. The fourth-order valence-electron chi connectivity index (χ4n) is 11.8. The number of nitrogens with one attached hydrogen (secondary N) is 4. The van der Waals surface area contributed by atoms with Gasteiger partial charge in [0.05, 0.1) is 31.4 Å². The molecule has 0 saturated carbocycles. The number of aliphatic hydroxyl groups is 3. The van der Waals surface area contributed by atoms with Gasteiger partial charge in [0, 0.05) is 52.1 Å². The van der Waals surface area contributed by atoms with Gasteiger partial charge < -0.3 is 61.1 Å². The van der Waals surface area contributed by atoms with Crippen LogP contribution in [0.4, 0.5) is 0 Å². The largest absolute Gasteiger partial charge is 0.391 e. The number of likely N-dealkylation sites (tertiary alicyclic amines) is 5. The molecular weight excluding hydrogens is 987 g/mol. The smallest absolute Gasteiger partial charge is 0.251 e. The molecule has 8 amide bonds. The van der Waals surface area contributed by atoms with E-state index in [2.05, 4.69) is 21.3 Å². The molecule has 6 heterocycles. The highest BCUT2D eigenvalue weighted by Gasteiger charge is 2.63. The Balaban J connectivity index is 0.000000169. The lowest BCUT2D eigenvalue weighted by Gasteiger charge is -2.54. The Bertz CT molecular complexity index is 2600. The van der Waals surface area contributed by atoms with Crippen molar-refractivity contribution in [3.8, 4) is 0 Å². The lowest BCUT2D eigenvalue weighted by molar-refractivity contribution is -0.177. The first-order valence-corrected chi connectivity index (χ1v) is 26.9. The summed E-state index contributed by atoms with van der Waals surface area (Å²) in [5, 5.41) is 41.9. The predicted octanol–water partition coefficient (Wildman–Crippen LogP) is 1.20. The highest BCUT2D eigenvalue weighted by atomic mass is 16.3. The van der Waals surface area contributed by atoms with Crippen LogP contribution in [0.5, 0.6) is 0 Å². The van der Waals surface area contributed by atoms with Gasteiger partial charge in [0.2, 0.25) is 35.4 Å². The summed E-state index contributed by atoms with van der Waals surface area (Å²) >= 11 is 0. The minimum absolute atomic E-state index is 0.0346. The first-order valence-electron chi connectivity index (χ1n) is 26.9. The molecule has 6 saturated heterocycles. The molecular formula is C57H77N9O11. The summed E-state index contributed by atoms with van der Waals surface area (Å²) in [7, 11) is 0. The van der Waals surface area contributed by atoms with Crippen molar-refractivity contribution in [1.29, 1.82) is 0 Å². The third-order valence-electron chi connectivity index (χ3n) is 15.8. The van der Waals surface area contributed by atoms with Crippen molar-refractivity contribution < 1.29 is 53.7 Å². The molecule has 6 fully saturated rings. The molecule has 3 spiro atoms. The third-order valence-corrected chi connectivity index (χ3v) is 15.8. The van der Waals surface area contributed by atoms with Crippen LogP contribution >= 0.6 is 0 Å². The van der Waals surface area contributed by atoms with Gasteiger partial charge in [-0.25, -0.2) is 0 Å². The van der Waals surface area contributed by atoms with Gasteiger partial charge in [-0.1, -0.05) is 105 Å². The van der Waals surface area contributed by atoms with Gasteiger partial charge in [0.15, 0.2) is 0 Å². The van der Waals surface area contributed by atoms with E-state index in [4.69, 9.17) is 0 Å². The molecule has 7 N–H and O–H groups in total. The van der Waals surface area contributed by atoms with Gasteiger partial charge in [-0.05, 0) is 82.5 Å². The Hall–Kier alpha value is -6.74. The maximum atomic E-state index is 13.1. The van der Waals surface area contributed by atoms with Crippen LogP contribution in [-0.2, 0) is 58.0 Å². The molecule has 0 aromatic heterocycles. The van der Waals surface area contributed by atoms with Crippen LogP contribution in [-0.4, -0.2) is 179 Å². The lowest BCUT2D eigenvalue weighted by atomic mass is 9.82. The van der Waals surface area contributed by atoms with E-state index in [0.29, 0.717) is 65.2 Å². The number of aliphatic hydroxyl groups excluding tert-OH is 3. The minimum Gasteiger partial charge on any atom is -0.391 e. The quantitative estimate of drug-likeness (QED) is 0.1000. The minimum atomic E-state index is -1.01. The zero-order valence-corrected chi connectivity index (χ0v) is 45.2. The molecule has 20 nitrogen and oxygen atoms in total. The summed E-state index contributed by atoms with van der Waals surface area (Å²) in [6, 6.07) is 25.7. The maximum absolute atomic E-state index is 13.1. The highest BCUT2D eigenvalue weighted by Crippen LogP contribution is 2.42. The zero-order valence-electron chi connectivity index (χ0n) is 45.2. The van der Waals surface area contributed by atoms with Crippen molar-refractivity contribution in [3.63, 3.8) is 0 Å². The van der Waals surface area contributed by atoms with E-state index < -0.39 is 53.1 Å². The molecule has 6 aliphatic heterocycles. The van der Waals surface area contributed by atoms with Crippen molar-refractivity contribution in [1.82, 2.24) is 45.8 Å². The Morgan fingerprint density at radius 2 is 0.883 bits per heavy atom. The number of benzene rings is 3. The number of amides is 8. The SMILES string of the molecule is CC(=O)N1CCCC12CN([C@H](C(=O)NCc1ccccc1)[C@@H](C)O)C2=O.CC(C)C(=O)N1CCCC12CN([C@H](C(=O)NCc1ccccc1)[C@@H](C)O)C2=O.C[C@@H](O)[C@@H](C(=O)NCc1ccccc1)N1CC2(CCCN2)C1=O. The number of carbonyl (C=O) groups is 8. The Morgan fingerprint density at radius 3 is 1.19 bits per heavy atom. The molecule has 0 radical (unpaired) electrons. The summed E-state index contributed by atoms with van der Waals surface area (Å²) in [4.78, 5) is 108. The third kappa shape index (κ3) is 12.2. The first-order chi connectivity index (χ1) is 36.7. The predicted molar refractivity (Wildman–Crippen MR) is 284 cm³/mol. The van der Waals surface area contributed by atoms with E-state index >= 15 is 0 Å². The molecule has 77 heavy (non-hydrogen) atoms. The van der Waals surface area contributed by atoms with E-state index in [0.717, 1.165) is 48.9 Å². The lowest BCUT2D eigenvalue weighted by Crippen LogP contribution is -2.77. The fraction of sp³-hybridized carbons (Fsp3) is 0.544. The van der Waals surface area contributed by atoms with Crippen LogP contribution < -0.4 is 21.3 Å². The van der Waals surface area contributed by atoms with Crippen LogP contribution in [0.15, 0.2) is 91.0 Å². The molecule has 9 atom stereocenters. The van der Waals surface area contributed by atoms with Gasteiger partial charge in [-0.2, -0.15) is 0 Å². The second-order valence-electron chi connectivity index (χ2n) is 21.7. The summed E-state index contributed by atoms with van der Waals surface area (Å²) in [6.07, 6.45) is 1.63. The van der Waals surface area contributed by atoms with Gasteiger partial charge in [0.25, 0.3) is 11.8 Å². The van der Waals surface area contributed by atoms with E-state index in [1.807, 2.05) is 105 Å². The van der Waals surface area contributed by atoms with E-state index in [9.17, 15) is 53.7 Å². The van der Waals surface area contributed by atoms with Gasteiger partial charge >= 0.3 is 0 Å². The fourth-order valence-corrected chi connectivity index (χ4v) is 11.8. The van der Waals surface area contributed by atoms with E-state index in [-0.39, 0.29) is 53.2 Å². The average Bonchev–Trinajstić information content (AvgIpc) is 4.32. The summed E-state index contributed by atoms with van der Waals surface area (Å²) in [5.74, 6) is -1.99. The van der Waals surface area contributed by atoms with Gasteiger partial charge in [-0.15, -0.1) is 0 Å². The second-order valence-corrected chi connectivity index (χ2v) is 21.7. The molecule has 3 aromatic rings. The first kappa shape index (κ1) is 58.0. The number of nitrogens with zero attached hydrogens (tertiary/aromatic N) is 5. The number of hydrogen-bond acceptors (Lipinski definition) is 12. The van der Waals surface area contributed by atoms with Crippen molar-refractivity contribution in [2.75, 3.05) is 39.3 Å². The van der Waals surface area contributed by atoms with E-state index in [1.54, 1.807) is 16.7 Å². The molecule has 3 unspecified atom stereocenters. The monoisotopic (exact) mass is 1060 g/mol. The Labute approximate surface area is 450 Å². The molecule has 0 aliphatic carbocycles. The van der Waals surface area contributed by atoms with E-state index in [1.165, 1.54) is 35.5 Å². The van der Waals surface area contributed by atoms with Crippen LogP contribution in [0, 0.1) is 5.92 Å². The van der Waals surface area contributed by atoms with Gasteiger partial charge in [0.1, 0.15) is 34.7 Å². The van der Waals surface area contributed by atoms with Crippen LogP contribution in [0.1, 0.15) is 96.8 Å². The van der Waals surface area contributed by atoms with Crippen molar-refractivity contribution in [3.05, 3.63) is 108 Å². The van der Waals surface area contributed by atoms with Crippen molar-refractivity contribution >= 4 is 47.3 Å². The number of β-lactam (4-membered cyclic amide) rings is 3. The van der Waals surface area contributed by atoms with Gasteiger partial charge in [-0.3, -0.25) is 38.4 Å². The zero-order chi connectivity index (χ0) is 55.8. The number of carbonyl (C=O) groups excluding carboxylic acids is 8. The Kier molecular flexibility index (Phi) is 18.6. The molecule has 9 rings (SSSR count). The molecule has 416 valence electrons. The molecule has 6 aliphatic rings. The van der Waals surface area contributed by atoms with Crippen molar-refractivity contribution in [2.45, 2.75) is 153 Å². The number of rotatable bonds is 16. The number of hydrogen-bond donors (Lipinski definition) is 7.